The number of nitrogens with one attached hydrogen (secondary N) is 1. The van der Waals surface area contributed by atoms with Crippen LogP contribution in [0.2, 0.25) is 0 Å². The first-order chi connectivity index (χ1) is 7.74. The maximum atomic E-state index is 3.31. The molecule has 0 unspecified atom stereocenters. The monoisotopic (exact) mass is 217 g/mol. The molecular weight excluding hydrogens is 194 g/mol. The van der Waals surface area contributed by atoms with Crippen molar-refractivity contribution in [3.8, 4) is 0 Å². The fraction of sp³-hybridized carbons (Fsp3) is 0.467. The minimum atomic E-state index is 0.617. The Balaban J connectivity index is 2.42. The van der Waals surface area contributed by atoms with Crippen LogP contribution >= 0.6 is 0 Å². The smallest absolute Gasteiger partial charge is 0.00143 e. The molecule has 0 heterocycles. The molecule has 0 saturated heterocycles. The maximum absolute atomic E-state index is 3.31. The van der Waals surface area contributed by atoms with Crippen LogP contribution in [0.1, 0.15) is 44.2 Å². The lowest BCUT2D eigenvalue weighted by molar-refractivity contribution is 0.727. The molecule has 1 rings (SSSR count). The third-order valence-corrected chi connectivity index (χ3v) is 2.65. The molecular formula is C15H23N. The summed E-state index contributed by atoms with van der Waals surface area (Å²) in [5, 5.41) is 3.31. The van der Waals surface area contributed by atoms with Gasteiger partial charge in [0.1, 0.15) is 0 Å². The Kier molecular flexibility index (Phi) is 5.87. The van der Waals surface area contributed by atoms with E-state index in [0.717, 1.165) is 19.5 Å². The highest BCUT2D eigenvalue weighted by Crippen LogP contribution is 2.15. The van der Waals surface area contributed by atoms with E-state index in [9.17, 15) is 0 Å². The van der Waals surface area contributed by atoms with Crippen molar-refractivity contribution < 1.29 is 0 Å². The molecule has 0 amide bonds. The van der Waals surface area contributed by atoms with Crippen molar-refractivity contribution in [2.24, 2.45) is 0 Å². The zero-order chi connectivity index (χ0) is 11.8. The lowest BCUT2D eigenvalue weighted by Crippen LogP contribution is -2.12. The van der Waals surface area contributed by atoms with Crippen LogP contribution in [-0.4, -0.2) is 13.1 Å². The second-order valence-electron chi connectivity index (χ2n) is 4.37. The van der Waals surface area contributed by atoms with Gasteiger partial charge in [0.05, 0.1) is 0 Å². The topological polar surface area (TPSA) is 12.0 Å². The van der Waals surface area contributed by atoms with Crippen LogP contribution in [0.4, 0.5) is 0 Å². The van der Waals surface area contributed by atoms with Gasteiger partial charge < -0.3 is 5.32 Å². The summed E-state index contributed by atoms with van der Waals surface area (Å²) in [4.78, 5) is 0. The van der Waals surface area contributed by atoms with Gasteiger partial charge in [0.2, 0.25) is 0 Å². The number of rotatable bonds is 6. The average Bonchev–Trinajstić information content (AvgIpc) is 2.29. The van der Waals surface area contributed by atoms with Crippen LogP contribution in [0.3, 0.4) is 0 Å². The summed E-state index contributed by atoms with van der Waals surface area (Å²) in [6.07, 6.45) is 5.52. The van der Waals surface area contributed by atoms with Crippen molar-refractivity contribution in [2.45, 2.75) is 33.1 Å². The first kappa shape index (κ1) is 13.0. The van der Waals surface area contributed by atoms with E-state index in [4.69, 9.17) is 0 Å². The normalized spacial score (nSPS) is 11.5. The van der Waals surface area contributed by atoms with Gasteiger partial charge in [0.25, 0.3) is 0 Å². The molecule has 0 aliphatic carbocycles. The Bertz CT molecular complexity index is 309. The second-order valence-corrected chi connectivity index (χ2v) is 4.37. The van der Waals surface area contributed by atoms with E-state index in [-0.39, 0.29) is 0 Å². The molecule has 1 aromatic carbocycles. The third kappa shape index (κ3) is 4.63. The van der Waals surface area contributed by atoms with Crippen LogP contribution in [0, 0.1) is 0 Å². The zero-order valence-corrected chi connectivity index (χ0v) is 10.7. The Morgan fingerprint density at radius 1 is 1.19 bits per heavy atom. The fourth-order valence-corrected chi connectivity index (χ4v) is 1.57. The van der Waals surface area contributed by atoms with Gasteiger partial charge in [-0.2, -0.15) is 0 Å². The third-order valence-electron chi connectivity index (χ3n) is 2.65. The molecule has 0 fully saturated rings. The molecule has 0 atom stereocenters. The van der Waals surface area contributed by atoms with E-state index in [1.54, 1.807) is 0 Å². The van der Waals surface area contributed by atoms with E-state index in [1.165, 1.54) is 11.1 Å². The molecule has 88 valence electrons. The van der Waals surface area contributed by atoms with E-state index in [1.807, 2.05) is 0 Å². The lowest BCUT2D eigenvalue weighted by Gasteiger charge is -2.04. The lowest BCUT2D eigenvalue weighted by atomic mass is 10.0. The number of benzene rings is 1. The van der Waals surface area contributed by atoms with Gasteiger partial charge in [0, 0.05) is 0 Å². The number of hydrogen-bond donors (Lipinski definition) is 1. The number of hydrogen-bond acceptors (Lipinski definition) is 1. The van der Waals surface area contributed by atoms with Gasteiger partial charge in [-0.25, -0.2) is 0 Å². The largest absolute Gasteiger partial charge is 0.317 e. The second kappa shape index (κ2) is 7.24. The molecule has 0 aliphatic rings. The summed E-state index contributed by atoms with van der Waals surface area (Å²) in [5.74, 6) is 0.617. The summed E-state index contributed by atoms with van der Waals surface area (Å²) in [6, 6.07) is 8.82. The van der Waals surface area contributed by atoms with Crippen molar-refractivity contribution in [3.63, 3.8) is 0 Å². The molecule has 0 radical (unpaired) electrons. The molecule has 0 spiro atoms. The van der Waals surface area contributed by atoms with Crippen molar-refractivity contribution in [1.29, 1.82) is 0 Å². The molecule has 1 nitrogen and oxygen atoms in total. The standard InChI is InChI=1S/C15H23N/c1-4-16-12-6-5-7-14-8-10-15(11-9-14)13(2)3/h5,7-11,13,16H,4,6,12H2,1-3H3. The minimum absolute atomic E-state index is 0.617. The molecule has 1 heteroatoms. The molecule has 0 saturated carbocycles. The predicted octanol–water partition coefficient (Wildman–Crippen LogP) is 3.82. The highest BCUT2D eigenvalue weighted by Gasteiger charge is 1.96. The van der Waals surface area contributed by atoms with Crippen LogP contribution in [-0.2, 0) is 0 Å². The summed E-state index contributed by atoms with van der Waals surface area (Å²) in [6.45, 7) is 8.70. The fourth-order valence-electron chi connectivity index (χ4n) is 1.57. The van der Waals surface area contributed by atoms with Gasteiger partial charge in [0.15, 0.2) is 0 Å². The van der Waals surface area contributed by atoms with Gasteiger partial charge in [-0.15, -0.1) is 0 Å². The van der Waals surface area contributed by atoms with Crippen molar-refractivity contribution in [2.75, 3.05) is 13.1 Å². The minimum Gasteiger partial charge on any atom is -0.317 e. The van der Waals surface area contributed by atoms with Gasteiger partial charge in [-0.05, 0) is 36.6 Å². The van der Waals surface area contributed by atoms with E-state index < -0.39 is 0 Å². The molecule has 0 bridgehead atoms. The Morgan fingerprint density at radius 3 is 2.44 bits per heavy atom. The van der Waals surface area contributed by atoms with E-state index >= 15 is 0 Å². The maximum Gasteiger partial charge on any atom is -0.00143 e. The summed E-state index contributed by atoms with van der Waals surface area (Å²) in [7, 11) is 0. The Labute approximate surface area is 99.6 Å². The SMILES string of the molecule is CCNCCC=Cc1ccc(C(C)C)cc1. The van der Waals surface area contributed by atoms with Gasteiger partial charge in [-0.3, -0.25) is 0 Å². The molecule has 0 aliphatic heterocycles. The highest BCUT2D eigenvalue weighted by atomic mass is 14.8. The first-order valence-corrected chi connectivity index (χ1v) is 6.21. The van der Waals surface area contributed by atoms with E-state index in [0.29, 0.717) is 5.92 Å². The quantitative estimate of drug-likeness (QED) is 0.714. The van der Waals surface area contributed by atoms with Gasteiger partial charge >= 0.3 is 0 Å². The summed E-state index contributed by atoms with van der Waals surface area (Å²) >= 11 is 0. The summed E-state index contributed by atoms with van der Waals surface area (Å²) in [5.41, 5.74) is 2.70. The van der Waals surface area contributed by atoms with Crippen LogP contribution in [0.15, 0.2) is 30.3 Å². The molecule has 1 N–H and O–H groups in total. The Morgan fingerprint density at radius 2 is 1.88 bits per heavy atom. The van der Waals surface area contributed by atoms with Crippen LogP contribution in [0.25, 0.3) is 6.08 Å². The predicted molar refractivity (Wildman–Crippen MR) is 72.7 cm³/mol. The average molecular weight is 217 g/mol. The Hall–Kier alpha value is -1.08. The van der Waals surface area contributed by atoms with E-state index in [2.05, 4.69) is 62.5 Å². The van der Waals surface area contributed by atoms with Crippen molar-refractivity contribution in [1.82, 2.24) is 5.32 Å². The molecule has 1 aromatic rings. The highest BCUT2D eigenvalue weighted by molar-refractivity contribution is 5.49. The molecule has 16 heavy (non-hydrogen) atoms. The summed E-state index contributed by atoms with van der Waals surface area (Å²) < 4.78 is 0. The van der Waals surface area contributed by atoms with Crippen molar-refractivity contribution in [3.05, 3.63) is 41.5 Å². The van der Waals surface area contributed by atoms with Crippen LogP contribution in [0.5, 0.6) is 0 Å². The zero-order valence-electron chi connectivity index (χ0n) is 10.7. The van der Waals surface area contributed by atoms with Crippen LogP contribution < -0.4 is 5.32 Å². The molecule has 0 aromatic heterocycles. The van der Waals surface area contributed by atoms with Crippen molar-refractivity contribution >= 4 is 6.08 Å². The first-order valence-electron chi connectivity index (χ1n) is 6.21. The van der Waals surface area contributed by atoms with Gasteiger partial charge in [-0.1, -0.05) is 57.2 Å².